The summed E-state index contributed by atoms with van der Waals surface area (Å²) in [5.74, 6) is 0.0698. The summed E-state index contributed by atoms with van der Waals surface area (Å²) >= 11 is 0. The average molecular weight is 278 g/mol. The highest BCUT2D eigenvalue weighted by Crippen LogP contribution is 2.55. The van der Waals surface area contributed by atoms with E-state index in [-0.39, 0.29) is 23.0 Å². The lowest BCUT2D eigenvalue weighted by Gasteiger charge is -2.24. The molecule has 2 rings (SSSR count). The number of ether oxygens (including phenoxy) is 1. The lowest BCUT2D eigenvalue weighted by Crippen LogP contribution is -2.16. The molecule has 0 atom stereocenters. The fourth-order valence-electron chi connectivity index (χ4n) is 2.73. The number of hydrogen-bond acceptors (Lipinski definition) is 3. The van der Waals surface area contributed by atoms with Crippen molar-refractivity contribution in [2.75, 3.05) is 7.11 Å². The number of carbonyl (C=O) groups is 1. The van der Waals surface area contributed by atoms with Crippen LogP contribution in [0.2, 0.25) is 0 Å². The Balaban J connectivity index is 2.50. The van der Waals surface area contributed by atoms with E-state index in [0.29, 0.717) is 5.75 Å². The number of phenolic OH excluding ortho intramolecular Hbond substituents is 1. The minimum atomic E-state index is -0.816. The van der Waals surface area contributed by atoms with Gasteiger partial charge in [-0.1, -0.05) is 20.8 Å². The molecule has 1 aliphatic carbocycles. The minimum absolute atomic E-state index is 0.0810. The van der Waals surface area contributed by atoms with Gasteiger partial charge < -0.3 is 14.9 Å². The van der Waals surface area contributed by atoms with Gasteiger partial charge in [0.05, 0.1) is 13.5 Å². The molecule has 0 unspecified atom stereocenters. The molecule has 0 spiro atoms. The number of methoxy groups -OCH3 is 1. The number of benzene rings is 1. The first-order valence-electron chi connectivity index (χ1n) is 6.83. The van der Waals surface area contributed by atoms with Gasteiger partial charge in [-0.25, -0.2) is 0 Å². The third-order valence-corrected chi connectivity index (χ3v) is 4.04. The Hall–Kier alpha value is -1.71. The van der Waals surface area contributed by atoms with Crippen molar-refractivity contribution in [2.45, 2.75) is 50.9 Å². The molecule has 0 aromatic heterocycles. The van der Waals surface area contributed by atoms with Crippen molar-refractivity contribution >= 4 is 5.97 Å². The number of aliphatic carboxylic acids is 1. The molecule has 4 nitrogen and oxygen atoms in total. The number of rotatable bonds is 4. The zero-order valence-electron chi connectivity index (χ0n) is 12.5. The van der Waals surface area contributed by atoms with Gasteiger partial charge in [0.1, 0.15) is 11.5 Å². The van der Waals surface area contributed by atoms with Crippen LogP contribution in [0.1, 0.15) is 51.2 Å². The van der Waals surface area contributed by atoms with E-state index in [2.05, 4.69) is 0 Å². The zero-order valence-corrected chi connectivity index (χ0v) is 12.5. The van der Waals surface area contributed by atoms with Crippen molar-refractivity contribution in [3.05, 3.63) is 23.3 Å². The van der Waals surface area contributed by atoms with Gasteiger partial charge in [-0.15, -0.1) is 0 Å². The third-order valence-electron chi connectivity index (χ3n) is 4.04. The van der Waals surface area contributed by atoms with Crippen LogP contribution in [0.4, 0.5) is 0 Å². The van der Waals surface area contributed by atoms with Gasteiger partial charge in [0.2, 0.25) is 0 Å². The Morgan fingerprint density at radius 3 is 2.35 bits per heavy atom. The van der Waals surface area contributed by atoms with Gasteiger partial charge in [-0.2, -0.15) is 0 Å². The van der Waals surface area contributed by atoms with Crippen LogP contribution >= 0.6 is 0 Å². The molecule has 1 saturated carbocycles. The molecule has 1 aromatic rings. The molecule has 0 bridgehead atoms. The predicted octanol–water partition coefficient (Wildman–Crippen LogP) is 3.20. The maximum absolute atomic E-state index is 11.0. The molecule has 1 fully saturated rings. The van der Waals surface area contributed by atoms with Crippen LogP contribution < -0.4 is 4.74 Å². The van der Waals surface area contributed by atoms with E-state index in [1.165, 1.54) is 0 Å². The zero-order chi connectivity index (χ0) is 15.1. The van der Waals surface area contributed by atoms with Gasteiger partial charge in [-0.3, -0.25) is 4.79 Å². The smallest absolute Gasteiger partial charge is 0.304 e. The topological polar surface area (TPSA) is 66.8 Å². The summed E-state index contributed by atoms with van der Waals surface area (Å²) in [4.78, 5) is 11.0. The second kappa shape index (κ2) is 4.69. The van der Waals surface area contributed by atoms with Crippen LogP contribution in [0, 0.1) is 0 Å². The van der Waals surface area contributed by atoms with E-state index in [0.717, 1.165) is 24.0 Å². The average Bonchev–Trinajstić information content (AvgIpc) is 3.07. The number of phenols is 1. The van der Waals surface area contributed by atoms with Gasteiger partial charge in [0, 0.05) is 16.5 Å². The van der Waals surface area contributed by atoms with Gasteiger partial charge >= 0.3 is 5.97 Å². The van der Waals surface area contributed by atoms with Crippen LogP contribution in [0.5, 0.6) is 11.5 Å². The highest BCUT2D eigenvalue weighted by atomic mass is 16.5. The molecule has 0 heterocycles. The molecule has 1 aliphatic rings. The minimum Gasteiger partial charge on any atom is -0.508 e. The van der Waals surface area contributed by atoms with E-state index in [1.54, 1.807) is 13.2 Å². The summed E-state index contributed by atoms with van der Waals surface area (Å²) < 4.78 is 5.44. The normalized spacial score (nSPS) is 16.8. The van der Waals surface area contributed by atoms with Crippen molar-refractivity contribution in [1.29, 1.82) is 0 Å². The quantitative estimate of drug-likeness (QED) is 0.887. The second-order valence-electron chi connectivity index (χ2n) is 6.67. The highest BCUT2D eigenvalue weighted by molar-refractivity contribution is 5.71. The van der Waals surface area contributed by atoms with E-state index >= 15 is 0 Å². The third kappa shape index (κ3) is 2.60. The molecule has 110 valence electrons. The first-order valence-corrected chi connectivity index (χ1v) is 6.83. The molecule has 0 aliphatic heterocycles. The van der Waals surface area contributed by atoms with Crippen LogP contribution in [0.25, 0.3) is 0 Å². The summed E-state index contributed by atoms with van der Waals surface area (Å²) in [6.45, 7) is 6.06. The molecule has 20 heavy (non-hydrogen) atoms. The largest absolute Gasteiger partial charge is 0.508 e. The first kappa shape index (κ1) is 14.7. The van der Waals surface area contributed by atoms with Crippen LogP contribution in [-0.2, 0) is 15.6 Å². The van der Waals surface area contributed by atoms with E-state index in [9.17, 15) is 9.90 Å². The van der Waals surface area contributed by atoms with E-state index < -0.39 is 5.97 Å². The van der Waals surface area contributed by atoms with Crippen LogP contribution in [0.3, 0.4) is 0 Å². The Labute approximate surface area is 119 Å². The summed E-state index contributed by atoms with van der Waals surface area (Å²) in [6.07, 6.45) is 1.73. The number of hydrogen-bond donors (Lipinski definition) is 2. The summed E-state index contributed by atoms with van der Waals surface area (Å²) in [6, 6.07) is 3.53. The molecule has 0 radical (unpaired) electrons. The number of carboxylic acid groups (broad SMARTS) is 1. The molecule has 0 saturated heterocycles. The second-order valence-corrected chi connectivity index (χ2v) is 6.67. The maximum atomic E-state index is 11.0. The van der Waals surface area contributed by atoms with Crippen molar-refractivity contribution < 1.29 is 19.7 Å². The molecule has 0 amide bonds. The summed E-state index contributed by atoms with van der Waals surface area (Å²) in [7, 11) is 1.58. The van der Waals surface area contributed by atoms with E-state index in [1.807, 2.05) is 26.8 Å². The predicted molar refractivity (Wildman–Crippen MR) is 76.5 cm³/mol. The molecular formula is C16H22O4. The number of aromatic hydroxyl groups is 1. The Morgan fingerprint density at radius 2 is 1.95 bits per heavy atom. The lowest BCUT2D eigenvalue weighted by molar-refractivity contribution is -0.137. The van der Waals surface area contributed by atoms with Crippen molar-refractivity contribution in [3.63, 3.8) is 0 Å². The van der Waals surface area contributed by atoms with Crippen molar-refractivity contribution in [1.82, 2.24) is 0 Å². The van der Waals surface area contributed by atoms with E-state index in [4.69, 9.17) is 9.84 Å². The summed E-state index contributed by atoms with van der Waals surface area (Å²) in [5, 5.41) is 19.3. The van der Waals surface area contributed by atoms with Crippen LogP contribution in [0.15, 0.2) is 12.1 Å². The fourth-order valence-corrected chi connectivity index (χ4v) is 2.73. The molecular weight excluding hydrogens is 256 g/mol. The maximum Gasteiger partial charge on any atom is 0.304 e. The van der Waals surface area contributed by atoms with Crippen LogP contribution in [-0.4, -0.2) is 23.3 Å². The highest BCUT2D eigenvalue weighted by Gasteiger charge is 2.48. The van der Waals surface area contributed by atoms with Gasteiger partial charge in [0.15, 0.2) is 0 Å². The SMILES string of the molecule is COc1cc(C(C)(C)C)c(O)cc1C1(CC(=O)O)CC1. The molecule has 2 N–H and O–H groups in total. The van der Waals surface area contributed by atoms with Crippen molar-refractivity contribution in [3.8, 4) is 11.5 Å². The standard InChI is InChI=1S/C16H22O4/c1-15(2,3)10-8-13(20-4)11(7-12(10)17)16(5-6-16)9-14(18)19/h7-8,17H,5-6,9H2,1-4H3,(H,18,19). The number of carboxylic acids is 1. The molecule has 1 aromatic carbocycles. The van der Waals surface area contributed by atoms with Gasteiger partial charge in [0.25, 0.3) is 0 Å². The Morgan fingerprint density at radius 1 is 1.35 bits per heavy atom. The Kier molecular flexibility index (Phi) is 3.44. The summed E-state index contributed by atoms with van der Waals surface area (Å²) in [5.41, 5.74) is 1.06. The Bertz CT molecular complexity index is 536. The van der Waals surface area contributed by atoms with Gasteiger partial charge in [-0.05, 0) is 30.4 Å². The monoisotopic (exact) mass is 278 g/mol. The van der Waals surface area contributed by atoms with Crippen molar-refractivity contribution in [2.24, 2.45) is 0 Å². The fraction of sp³-hybridized carbons (Fsp3) is 0.562. The first-order chi connectivity index (χ1) is 9.19. The molecule has 4 heteroatoms. The lowest BCUT2D eigenvalue weighted by atomic mass is 9.83.